The van der Waals surface area contributed by atoms with Crippen molar-refractivity contribution in [2.24, 2.45) is 16.9 Å². The summed E-state index contributed by atoms with van der Waals surface area (Å²) >= 11 is 11.5. The fourth-order valence-corrected chi connectivity index (χ4v) is 2.29. The van der Waals surface area contributed by atoms with Crippen molar-refractivity contribution in [1.82, 2.24) is 0 Å². The Hall–Kier alpha value is 0.420. The smallest absolute Gasteiger partial charge is 0.205 e. The first-order chi connectivity index (χ1) is 5.83. The highest BCUT2D eigenvalue weighted by Crippen LogP contribution is 2.55. The number of aliphatic hydroxyl groups is 2. The van der Waals surface area contributed by atoms with E-state index in [0.29, 0.717) is 6.42 Å². The maximum Gasteiger partial charge on any atom is 0.205 e. The van der Waals surface area contributed by atoms with Crippen LogP contribution in [0, 0.1) is 5.41 Å². The molecular formula is C7H14Cl2N2O2. The minimum atomic E-state index is -2.22. The van der Waals surface area contributed by atoms with Crippen LogP contribution in [0.2, 0.25) is 0 Å². The van der Waals surface area contributed by atoms with Crippen molar-refractivity contribution in [2.75, 3.05) is 13.1 Å². The van der Waals surface area contributed by atoms with E-state index in [2.05, 4.69) is 0 Å². The molecule has 0 atom stereocenters. The van der Waals surface area contributed by atoms with Gasteiger partial charge in [-0.15, -0.1) is 0 Å². The Kier molecular flexibility index (Phi) is 2.85. The summed E-state index contributed by atoms with van der Waals surface area (Å²) in [7, 11) is 0. The van der Waals surface area contributed by atoms with Crippen molar-refractivity contribution in [2.45, 2.75) is 23.0 Å². The van der Waals surface area contributed by atoms with Crippen molar-refractivity contribution in [3.63, 3.8) is 0 Å². The molecule has 1 fully saturated rings. The lowest BCUT2D eigenvalue weighted by Crippen LogP contribution is -2.59. The predicted octanol–water partition coefficient (Wildman–Crippen LogP) is -0.461. The Morgan fingerprint density at radius 3 is 1.69 bits per heavy atom. The molecule has 1 rings (SSSR count). The van der Waals surface area contributed by atoms with E-state index in [0.717, 1.165) is 0 Å². The van der Waals surface area contributed by atoms with Gasteiger partial charge in [-0.3, -0.25) is 0 Å². The van der Waals surface area contributed by atoms with Gasteiger partial charge >= 0.3 is 0 Å². The zero-order valence-electron chi connectivity index (χ0n) is 7.13. The summed E-state index contributed by atoms with van der Waals surface area (Å²) in [5.74, 6) is -2.22. The van der Waals surface area contributed by atoms with Crippen LogP contribution in [-0.2, 0) is 0 Å². The summed E-state index contributed by atoms with van der Waals surface area (Å²) in [5.41, 5.74) is 9.93. The van der Waals surface area contributed by atoms with Gasteiger partial charge in [0.15, 0.2) is 4.33 Å². The largest absolute Gasteiger partial charge is 0.363 e. The van der Waals surface area contributed by atoms with Gasteiger partial charge in [0.1, 0.15) is 0 Å². The minimum Gasteiger partial charge on any atom is -0.363 e. The van der Waals surface area contributed by atoms with E-state index >= 15 is 0 Å². The summed E-state index contributed by atoms with van der Waals surface area (Å²) in [4.78, 5) is 0. The number of alkyl halides is 2. The normalized spacial score (nSPS) is 29.1. The van der Waals surface area contributed by atoms with Gasteiger partial charge in [0.05, 0.1) is 5.41 Å². The Bertz CT molecular complexity index is 205. The monoisotopic (exact) mass is 228 g/mol. The van der Waals surface area contributed by atoms with Gasteiger partial charge in [-0.2, -0.15) is 0 Å². The average Bonchev–Trinajstić information content (AvgIpc) is 2.22. The maximum absolute atomic E-state index is 9.76. The molecule has 0 unspecified atom stereocenters. The highest BCUT2D eigenvalue weighted by atomic mass is 35.5. The molecule has 0 heterocycles. The van der Waals surface area contributed by atoms with Crippen LogP contribution in [0.15, 0.2) is 0 Å². The lowest BCUT2D eigenvalue weighted by atomic mass is 9.81. The van der Waals surface area contributed by atoms with E-state index < -0.39 is 15.5 Å². The van der Waals surface area contributed by atoms with Gasteiger partial charge in [0.2, 0.25) is 5.79 Å². The van der Waals surface area contributed by atoms with Gasteiger partial charge in [0, 0.05) is 13.1 Å². The van der Waals surface area contributed by atoms with Crippen molar-refractivity contribution < 1.29 is 10.2 Å². The van der Waals surface area contributed by atoms with Crippen molar-refractivity contribution in [3.8, 4) is 0 Å². The van der Waals surface area contributed by atoms with Crippen LogP contribution in [0.25, 0.3) is 0 Å². The zero-order chi connectivity index (χ0) is 10.3. The summed E-state index contributed by atoms with van der Waals surface area (Å²) < 4.78 is -1.58. The molecule has 1 aliphatic carbocycles. The molecule has 0 aromatic carbocycles. The number of rotatable bonds is 2. The molecule has 13 heavy (non-hydrogen) atoms. The van der Waals surface area contributed by atoms with Crippen LogP contribution in [0.1, 0.15) is 12.8 Å². The summed E-state index contributed by atoms with van der Waals surface area (Å²) in [6.45, 7) is 0.107. The van der Waals surface area contributed by atoms with Gasteiger partial charge in [0.25, 0.3) is 0 Å². The van der Waals surface area contributed by atoms with E-state index in [9.17, 15) is 10.2 Å². The third-order valence-electron chi connectivity index (χ3n) is 2.95. The Labute approximate surface area is 86.8 Å². The minimum absolute atomic E-state index is 0.0533. The van der Waals surface area contributed by atoms with Gasteiger partial charge in [-0.05, 0) is 12.8 Å². The lowest BCUT2D eigenvalue weighted by molar-refractivity contribution is -0.224. The van der Waals surface area contributed by atoms with Crippen molar-refractivity contribution in [3.05, 3.63) is 0 Å². The number of nitrogens with two attached hydrogens (primary N) is 2. The molecule has 0 saturated heterocycles. The van der Waals surface area contributed by atoms with Crippen molar-refractivity contribution in [1.29, 1.82) is 0 Å². The molecule has 0 spiro atoms. The molecule has 0 aromatic rings. The number of hydrogen-bond donors (Lipinski definition) is 4. The van der Waals surface area contributed by atoms with E-state index in [-0.39, 0.29) is 19.5 Å². The average molecular weight is 229 g/mol. The molecule has 0 aromatic heterocycles. The Morgan fingerprint density at radius 1 is 1.08 bits per heavy atom. The van der Waals surface area contributed by atoms with Crippen LogP contribution in [-0.4, -0.2) is 33.4 Å². The summed E-state index contributed by atoms with van der Waals surface area (Å²) in [5, 5.41) is 19.5. The highest BCUT2D eigenvalue weighted by Gasteiger charge is 2.65. The van der Waals surface area contributed by atoms with Gasteiger partial charge in [-0.1, -0.05) is 23.2 Å². The molecule has 1 saturated carbocycles. The summed E-state index contributed by atoms with van der Waals surface area (Å²) in [6, 6.07) is 0. The highest BCUT2D eigenvalue weighted by molar-refractivity contribution is 6.49. The van der Waals surface area contributed by atoms with Crippen LogP contribution >= 0.6 is 23.2 Å². The van der Waals surface area contributed by atoms with E-state index in [1.54, 1.807) is 0 Å². The molecule has 78 valence electrons. The predicted molar refractivity (Wildman–Crippen MR) is 51.4 cm³/mol. The Morgan fingerprint density at radius 2 is 1.54 bits per heavy atom. The molecule has 0 amide bonds. The van der Waals surface area contributed by atoms with Crippen LogP contribution in [0.4, 0.5) is 0 Å². The fraction of sp³-hybridized carbons (Fsp3) is 1.00. The molecule has 6 N–H and O–H groups in total. The molecule has 0 aliphatic heterocycles. The zero-order valence-corrected chi connectivity index (χ0v) is 8.65. The summed E-state index contributed by atoms with van der Waals surface area (Å²) in [6.07, 6.45) is 0.692. The quantitative estimate of drug-likeness (QED) is 0.380. The second kappa shape index (κ2) is 3.22. The first kappa shape index (κ1) is 11.5. The van der Waals surface area contributed by atoms with Crippen molar-refractivity contribution >= 4 is 23.2 Å². The first-order valence-corrected chi connectivity index (χ1v) is 4.81. The molecule has 1 aliphatic rings. The molecule has 4 nitrogen and oxygen atoms in total. The fourth-order valence-electron chi connectivity index (χ4n) is 1.70. The molecule has 0 bridgehead atoms. The van der Waals surface area contributed by atoms with E-state index in [1.807, 2.05) is 0 Å². The second-order valence-corrected chi connectivity index (χ2v) is 5.05. The van der Waals surface area contributed by atoms with Gasteiger partial charge in [-0.25, -0.2) is 0 Å². The van der Waals surface area contributed by atoms with Crippen LogP contribution in [0.5, 0.6) is 0 Å². The van der Waals surface area contributed by atoms with Crippen LogP contribution in [0.3, 0.4) is 0 Å². The third-order valence-corrected chi connectivity index (χ3v) is 3.85. The second-order valence-electron chi connectivity index (χ2n) is 3.57. The standard InChI is InChI=1S/C7H14Cl2N2O2/c8-6(9)2-1-5(3-10,4-11)7(6,12)13/h12-13H,1-4,10-11H2. The third kappa shape index (κ3) is 1.37. The maximum atomic E-state index is 9.76. The molecular weight excluding hydrogens is 215 g/mol. The van der Waals surface area contributed by atoms with E-state index in [4.69, 9.17) is 34.7 Å². The van der Waals surface area contributed by atoms with E-state index in [1.165, 1.54) is 0 Å². The van der Waals surface area contributed by atoms with Gasteiger partial charge < -0.3 is 21.7 Å². The molecule has 0 radical (unpaired) electrons. The SMILES string of the molecule is NCC1(CN)CCC(Cl)(Cl)C1(O)O. The number of halogens is 2. The Balaban J connectivity index is 3.05. The van der Waals surface area contributed by atoms with Crippen LogP contribution < -0.4 is 11.5 Å². The number of hydrogen-bond acceptors (Lipinski definition) is 4. The first-order valence-electron chi connectivity index (χ1n) is 4.06. The lowest BCUT2D eigenvalue weighted by Gasteiger charge is -2.40. The molecule has 6 heteroatoms. The topological polar surface area (TPSA) is 92.5 Å².